The third-order valence-electron chi connectivity index (χ3n) is 3.53. The highest BCUT2D eigenvalue weighted by Crippen LogP contribution is 2.37. The summed E-state index contributed by atoms with van der Waals surface area (Å²) in [5.74, 6) is 2.09. The average molecular weight is 238 g/mol. The molecule has 2 saturated carbocycles. The fraction of sp³-hybridized carbons (Fsp3) is 0.909. The summed E-state index contributed by atoms with van der Waals surface area (Å²) in [6.07, 6.45) is 9.57. The maximum atomic E-state index is 4.13. The molecule has 2 fully saturated rings. The molecule has 2 aliphatic rings. The van der Waals surface area contributed by atoms with Gasteiger partial charge < -0.3 is 0 Å². The molecular weight excluding hydrogens is 220 g/mol. The van der Waals surface area contributed by atoms with Crippen molar-refractivity contribution in [3.63, 3.8) is 0 Å². The van der Waals surface area contributed by atoms with Crippen LogP contribution >= 0.6 is 11.8 Å². The second-order valence-corrected chi connectivity index (χ2v) is 5.94. The van der Waals surface area contributed by atoms with E-state index in [1.165, 1.54) is 50.7 Å². The minimum atomic E-state index is 0.601. The molecule has 0 radical (unpaired) electrons. The third-order valence-corrected chi connectivity index (χ3v) is 4.69. The first-order valence-corrected chi connectivity index (χ1v) is 7.33. The van der Waals surface area contributed by atoms with E-state index in [0.717, 1.165) is 11.1 Å². The second kappa shape index (κ2) is 4.73. The van der Waals surface area contributed by atoms with Gasteiger partial charge in [0.2, 0.25) is 5.16 Å². The van der Waals surface area contributed by atoms with Crippen LogP contribution in [0, 0.1) is 5.92 Å². The van der Waals surface area contributed by atoms with Crippen LogP contribution in [0.2, 0.25) is 0 Å². The number of rotatable bonds is 4. The summed E-state index contributed by atoms with van der Waals surface area (Å²) in [5, 5.41) is 13.0. The Bertz CT molecular complexity index is 342. The molecule has 5 heteroatoms. The first kappa shape index (κ1) is 10.6. The van der Waals surface area contributed by atoms with Crippen LogP contribution in [0.1, 0.15) is 51.0 Å². The lowest BCUT2D eigenvalue weighted by molar-refractivity contribution is 0.390. The summed E-state index contributed by atoms with van der Waals surface area (Å²) in [6.45, 7) is 0. The summed E-state index contributed by atoms with van der Waals surface area (Å²) in [4.78, 5) is 0. The first-order chi connectivity index (χ1) is 7.93. The van der Waals surface area contributed by atoms with Gasteiger partial charge in [0.15, 0.2) is 0 Å². The maximum absolute atomic E-state index is 4.13. The molecule has 0 spiro atoms. The van der Waals surface area contributed by atoms with Gasteiger partial charge in [0, 0.05) is 5.75 Å². The highest BCUT2D eigenvalue weighted by Gasteiger charge is 2.28. The SMILES string of the molecule is C1CCC(CSc2nnnn2C2CC2)CC1. The molecule has 4 nitrogen and oxygen atoms in total. The Kier molecular flexibility index (Phi) is 3.13. The van der Waals surface area contributed by atoms with E-state index >= 15 is 0 Å². The Morgan fingerprint density at radius 3 is 2.69 bits per heavy atom. The molecule has 0 bridgehead atoms. The second-order valence-electron chi connectivity index (χ2n) is 4.95. The summed E-state index contributed by atoms with van der Waals surface area (Å²) in [6, 6.07) is 0.601. The highest BCUT2D eigenvalue weighted by molar-refractivity contribution is 7.99. The number of tetrazole rings is 1. The maximum Gasteiger partial charge on any atom is 0.209 e. The predicted octanol–water partition coefficient (Wildman–Crippen LogP) is 2.68. The molecule has 1 aromatic heterocycles. The Morgan fingerprint density at radius 1 is 1.12 bits per heavy atom. The van der Waals surface area contributed by atoms with E-state index in [1.54, 1.807) is 0 Å². The van der Waals surface area contributed by atoms with Gasteiger partial charge in [0.25, 0.3) is 0 Å². The molecule has 0 saturated heterocycles. The van der Waals surface area contributed by atoms with Gasteiger partial charge in [-0.3, -0.25) is 0 Å². The van der Waals surface area contributed by atoms with Gasteiger partial charge in [-0.25, -0.2) is 4.68 Å². The van der Waals surface area contributed by atoms with Crippen LogP contribution in [-0.4, -0.2) is 26.0 Å². The molecule has 0 aromatic carbocycles. The zero-order valence-electron chi connectivity index (χ0n) is 9.51. The fourth-order valence-corrected chi connectivity index (χ4v) is 3.51. The third kappa shape index (κ3) is 2.39. The van der Waals surface area contributed by atoms with Gasteiger partial charge in [-0.1, -0.05) is 31.0 Å². The molecule has 0 unspecified atom stereocenters. The minimum absolute atomic E-state index is 0.601. The lowest BCUT2D eigenvalue weighted by atomic mass is 9.91. The zero-order chi connectivity index (χ0) is 10.8. The molecule has 2 aliphatic carbocycles. The molecule has 0 atom stereocenters. The van der Waals surface area contributed by atoms with Gasteiger partial charge in [0.05, 0.1) is 6.04 Å². The molecule has 0 aliphatic heterocycles. The quantitative estimate of drug-likeness (QED) is 0.756. The van der Waals surface area contributed by atoms with Crippen molar-refractivity contribution >= 4 is 11.8 Å². The molecule has 3 rings (SSSR count). The van der Waals surface area contributed by atoms with Crippen LogP contribution in [0.4, 0.5) is 0 Å². The topological polar surface area (TPSA) is 43.6 Å². The Balaban J connectivity index is 1.54. The smallest absolute Gasteiger partial charge is 0.209 e. The predicted molar refractivity (Wildman–Crippen MR) is 63.4 cm³/mol. The summed E-state index contributed by atoms with van der Waals surface area (Å²) >= 11 is 1.86. The molecule has 1 heterocycles. The molecule has 0 N–H and O–H groups in total. The molecule has 0 amide bonds. The van der Waals surface area contributed by atoms with Crippen molar-refractivity contribution < 1.29 is 0 Å². The van der Waals surface area contributed by atoms with E-state index in [4.69, 9.17) is 0 Å². The van der Waals surface area contributed by atoms with Crippen LogP contribution < -0.4 is 0 Å². The van der Waals surface area contributed by atoms with Gasteiger partial charge in [-0.15, -0.1) is 5.10 Å². The van der Waals surface area contributed by atoms with Crippen LogP contribution in [-0.2, 0) is 0 Å². The Hall–Kier alpha value is -0.580. The van der Waals surface area contributed by atoms with E-state index in [0.29, 0.717) is 6.04 Å². The summed E-state index contributed by atoms with van der Waals surface area (Å²) in [7, 11) is 0. The lowest BCUT2D eigenvalue weighted by Crippen LogP contribution is -2.09. The van der Waals surface area contributed by atoms with Gasteiger partial charge >= 0.3 is 0 Å². The number of nitrogens with zero attached hydrogens (tertiary/aromatic N) is 4. The van der Waals surface area contributed by atoms with Crippen LogP contribution in [0.3, 0.4) is 0 Å². The monoisotopic (exact) mass is 238 g/mol. The van der Waals surface area contributed by atoms with E-state index in [-0.39, 0.29) is 0 Å². The van der Waals surface area contributed by atoms with Crippen molar-refractivity contribution in [3.05, 3.63) is 0 Å². The lowest BCUT2D eigenvalue weighted by Gasteiger charge is -2.20. The van der Waals surface area contributed by atoms with E-state index < -0.39 is 0 Å². The van der Waals surface area contributed by atoms with Gasteiger partial charge in [0.1, 0.15) is 0 Å². The molecule has 1 aromatic rings. The molecule has 16 heavy (non-hydrogen) atoms. The van der Waals surface area contributed by atoms with Crippen LogP contribution in [0.15, 0.2) is 5.16 Å². The summed E-state index contributed by atoms with van der Waals surface area (Å²) < 4.78 is 2.02. The van der Waals surface area contributed by atoms with Crippen molar-refractivity contribution in [1.82, 2.24) is 20.2 Å². The van der Waals surface area contributed by atoms with Crippen molar-refractivity contribution in [2.45, 2.75) is 56.1 Å². The van der Waals surface area contributed by atoms with Crippen molar-refractivity contribution in [3.8, 4) is 0 Å². The largest absolute Gasteiger partial charge is 0.217 e. The van der Waals surface area contributed by atoms with Crippen molar-refractivity contribution in [2.75, 3.05) is 5.75 Å². The Labute approximate surface area is 100 Å². The van der Waals surface area contributed by atoms with Gasteiger partial charge in [-0.05, 0) is 42.0 Å². The minimum Gasteiger partial charge on any atom is -0.217 e. The van der Waals surface area contributed by atoms with Crippen LogP contribution in [0.5, 0.6) is 0 Å². The number of aromatic nitrogens is 4. The zero-order valence-corrected chi connectivity index (χ0v) is 10.3. The fourth-order valence-electron chi connectivity index (χ4n) is 2.37. The number of hydrogen-bond donors (Lipinski definition) is 0. The normalized spacial score (nSPS) is 22.5. The highest BCUT2D eigenvalue weighted by atomic mass is 32.2. The first-order valence-electron chi connectivity index (χ1n) is 6.34. The molecule has 88 valence electrons. The summed E-state index contributed by atoms with van der Waals surface area (Å²) in [5.41, 5.74) is 0. The van der Waals surface area contributed by atoms with Crippen LogP contribution in [0.25, 0.3) is 0 Å². The number of thioether (sulfide) groups is 1. The van der Waals surface area contributed by atoms with E-state index in [2.05, 4.69) is 15.5 Å². The van der Waals surface area contributed by atoms with E-state index in [9.17, 15) is 0 Å². The van der Waals surface area contributed by atoms with Crippen molar-refractivity contribution in [2.24, 2.45) is 5.92 Å². The average Bonchev–Trinajstić information content (AvgIpc) is 3.07. The van der Waals surface area contributed by atoms with E-state index in [1.807, 2.05) is 16.4 Å². The number of hydrogen-bond acceptors (Lipinski definition) is 4. The standard InChI is InChI=1S/C11H18N4S/c1-2-4-9(5-3-1)8-16-11-12-13-14-15(11)10-6-7-10/h9-10H,1-8H2. The van der Waals surface area contributed by atoms with Crippen molar-refractivity contribution in [1.29, 1.82) is 0 Å². The van der Waals surface area contributed by atoms with Gasteiger partial charge in [-0.2, -0.15) is 0 Å². The Morgan fingerprint density at radius 2 is 1.94 bits per heavy atom. The molecular formula is C11H18N4S.